The Bertz CT molecular complexity index is 1140. The number of anilines is 2. The lowest BCUT2D eigenvalue weighted by molar-refractivity contribution is -0.133. The summed E-state index contributed by atoms with van der Waals surface area (Å²) in [6.45, 7) is 4.98. The number of nitrogens with zero attached hydrogens (tertiary/aromatic N) is 5. The van der Waals surface area contributed by atoms with Crippen molar-refractivity contribution in [2.24, 2.45) is 0 Å². The molecule has 2 saturated heterocycles. The molecule has 0 unspecified atom stereocenters. The van der Waals surface area contributed by atoms with Crippen molar-refractivity contribution in [3.05, 3.63) is 45.0 Å². The lowest BCUT2D eigenvalue weighted by Gasteiger charge is -2.34. The maximum Gasteiger partial charge on any atom is 0.333 e. The predicted molar refractivity (Wildman–Crippen MR) is 124 cm³/mol. The minimum atomic E-state index is -0.596. The Balaban J connectivity index is 1.53. The summed E-state index contributed by atoms with van der Waals surface area (Å²) < 4.78 is 12.9. The minimum Gasteiger partial charge on any atom is -0.459 e. The van der Waals surface area contributed by atoms with Gasteiger partial charge in [-0.15, -0.1) is 0 Å². The van der Waals surface area contributed by atoms with Crippen molar-refractivity contribution in [2.45, 2.75) is 26.4 Å². The van der Waals surface area contributed by atoms with E-state index < -0.39 is 11.2 Å². The zero-order chi connectivity index (χ0) is 24.2. The average molecular weight is 475 g/mol. The predicted octanol–water partition coefficient (Wildman–Crippen LogP) is -0.584. The van der Waals surface area contributed by atoms with Gasteiger partial charge in [-0.05, 0) is 18.6 Å². The molecule has 2 amide bonds. The highest BCUT2D eigenvalue weighted by molar-refractivity contribution is 5.91. The van der Waals surface area contributed by atoms with E-state index >= 15 is 0 Å². The van der Waals surface area contributed by atoms with Crippen LogP contribution in [0.5, 0.6) is 0 Å². The summed E-state index contributed by atoms with van der Waals surface area (Å²) in [7, 11) is 0. The van der Waals surface area contributed by atoms with E-state index in [9.17, 15) is 19.2 Å². The fraction of sp³-hybridized carbons (Fsp3) is 0.545. The van der Waals surface area contributed by atoms with Crippen LogP contribution in [0.2, 0.25) is 0 Å². The molecular weight excluding hydrogens is 444 g/mol. The minimum absolute atomic E-state index is 0.118. The Morgan fingerprint density at radius 2 is 1.68 bits per heavy atom. The van der Waals surface area contributed by atoms with Crippen LogP contribution in [-0.4, -0.2) is 83.2 Å². The second-order valence-electron chi connectivity index (χ2n) is 8.31. The molecular formula is C22H30N6O6. The second-order valence-corrected chi connectivity index (χ2v) is 8.31. The first-order valence-corrected chi connectivity index (χ1v) is 11.5. The van der Waals surface area contributed by atoms with Crippen molar-refractivity contribution in [2.75, 3.05) is 63.1 Å². The van der Waals surface area contributed by atoms with Crippen LogP contribution in [-0.2, 0) is 22.6 Å². The Hall–Kier alpha value is -3.54. The number of nitrogens with two attached hydrogens (primary N) is 1. The summed E-state index contributed by atoms with van der Waals surface area (Å²) in [5.74, 6) is -0.220. The molecule has 4 heterocycles. The molecule has 12 nitrogen and oxygen atoms in total. The SMILES string of the molecule is CCCn1c(N)c(N2CCOCC2)c(=O)n(CC(=O)N2CCN(C(=O)c3ccco3)CC2)c1=O. The van der Waals surface area contributed by atoms with E-state index in [0.29, 0.717) is 65.4 Å². The quantitative estimate of drug-likeness (QED) is 0.587. The number of amides is 2. The van der Waals surface area contributed by atoms with E-state index in [1.54, 1.807) is 21.9 Å². The van der Waals surface area contributed by atoms with Gasteiger partial charge in [0.05, 0.1) is 19.5 Å². The number of ether oxygens (including phenoxy) is 1. The third kappa shape index (κ3) is 4.58. The highest BCUT2D eigenvalue weighted by Crippen LogP contribution is 2.19. The van der Waals surface area contributed by atoms with E-state index in [1.165, 1.54) is 10.8 Å². The Labute approximate surface area is 196 Å². The van der Waals surface area contributed by atoms with Crippen molar-refractivity contribution in [3.8, 4) is 0 Å². The van der Waals surface area contributed by atoms with Crippen molar-refractivity contribution in [1.29, 1.82) is 0 Å². The molecule has 2 fully saturated rings. The average Bonchev–Trinajstić information content (AvgIpc) is 3.40. The van der Waals surface area contributed by atoms with E-state index in [-0.39, 0.29) is 35.6 Å². The molecule has 0 aromatic carbocycles. The van der Waals surface area contributed by atoms with E-state index in [0.717, 1.165) is 4.57 Å². The first-order chi connectivity index (χ1) is 16.4. The molecule has 0 radical (unpaired) electrons. The standard InChI is InChI=1S/C22H30N6O6/c1-2-5-27-19(23)18(25-10-13-33-14-11-25)21(31)28(22(27)32)15-17(29)24-6-8-26(9-7-24)20(30)16-4-3-12-34-16/h3-4,12H,2,5-11,13-15,23H2,1H3. The van der Waals surface area contributed by atoms with Crippen LogP contribution >= 0.6 is 0 Å². The first-order valence-electron chi connectivity index (χ1n) is 11.5. The largest absolute Gasteiger partial charge is 0.459 e. The zero-order valence-electron chi connectivity index (χ0n) is 19.3. The summed E-state index contributed by atoms with van der Waals surface area (Å²) in [5.41, 5.74) is 5.32. The van der Waals surface area contributed by atoms with Crippen LogP contribution in [0.15, 0.2) is 32.4 Å². The number of hydrogen-bond donors (Lipinski definition) is 1. The van der Waals surface area contributed by atoms with Crippen molar-refractivity contribution < 1.29 is 18.7 Å². The summed E-state index contributed by atoms with van der Waals surface area (Å²) in [5, 5.41) is 0. The monoisotopic (exact) mass is 474 g/mol. The lowest BCUT2D eigenvalue weighted by Crippen LogP contribution is -2.53. The lowest BCUT2D eigenvalue weighted by atomic mass is 10.2. The number of nitrogen functional groups attached to an aromatic ring is 1. The number of furan rings is 1. The molecule has 184 valence electrons. The van der Waals surface area contributed by atoms with Gasteiger partial charge >= 0.3 is 5.69 Å². The molecule has 2 aromatic heterocycles. The molecule has 0 spiro atoms. The third-order valence-corrected chi connectivity index (χ3v) is 6.16. The fourth-order valence-electron chi connectivity index (χ4n) is 4.31. The number of aromatic nitrogens is 2. The number of piperazine rings is 1. The van der Waals surface area contributed by atoms with Gasteiger partial charge in [-0.3, -0.25) is 19.0 Å². The fourth-order valence-corrected chi connectivity index (χ4v) is 4.31. The van der Waals surface area contributed by atoms with Gasteiger partial charge in [-0.2, -0.15) is 0 Å². The van der Waals surface area contributed by atoms with E-state index in [4.69, 9.17) is 14.9 Å². The highest BCUT2D eigenvalue weighted by Gasteiger charge is 2.28. The van der Waals surface area contributed by atoms with Gasteiger partial charge in [0, 0.05) is 45.8 Å². The van der Waals surface area contributed by atoms with Gasteiger partial charge in [-0.1, -0.05) is 6.92 Å². The zero-order valence-corrected chi connectivity index (χ0v) is 19.3. The summed E-state index contributed by atoms with van der Waals surface area (Å²) >= 11 is 0. The van der Waals surface area contributed by atoms with Crippen LogP contribution in [0.3, 0.4) is 0 Å². The van der Waals surface area contributed by atoms with E-state index in [1.807, 2.05) is 11.8 Å². The summed E-state index contributed by atoms with van der Waals surface area (Å²) in [6, 6.07) is 3.24. The number of carbonyl (C=O) groups excluding carboxylic acids is 2. The molecule has 0 atom stereocenters. The maximum atomic E-state index is 13.3. The number of rotatable bonds is 6. The molecule has 2 aliphatic heterocycles. The van der Waals surface area contributed by atoms with Crippen LogP contribution in [0.1, 0.15) is 23.9 Å². The van der Waals surface area contributed by atoms with Gasteiger partial charge in [0.2, 0.25) is 5.91 Å². The van der Waals surface area contributed by atoms with Gasteiger partial charge in [-0.25, -0.2) is 9.36 Å². The molecule has 2 aromatic rings. The first kappa shape index (κ1) is 23.6. The smallest absolute Gasteiger partial charge is 0.333 e. The van der Waals surface area contributed by atoms with E-state index in [2.05, 4.69) is 0 Å². The van der Waals surface area contributed by atoms with Gasteiger partial charge in [0.15, 0.2) is 5.76 Å². The van der Waals surface area contributed by atoms with Crippen molar-refractivity contribution >= 4 is 23.3 Å². The van der Waals surface area contributed by atoms with Gasteiger partial charge in [0.25, 0.3) is 11.5 Å². The maximum absolute atomic E-state index is 13.3. The van der Waals surface area contributed by atoms with Crippen LogP contribution in [0.4, 0.5) is 11.5 Å². The van der Waals surface area contributed by atoms with Gasteiger partial charge in [0.1, 0.15) is 18.1 Å². The Morgan fingerprint density at radius 3 is 2.29 bits per heavy atom. The third-order valence-electron chi connectivity index (χ3n) is 6.16. The van der Waals surface area contributed by atoms with Gasteiger partial charge < -0.3 is 29.6 Å². The van der Waals surface area contributed by atoms with Crippen LogP contribution in [0.25, 0.3) is 0 Å². The molecule has 12 heteroatoms. The highest BCUT2D eigenvalue weighted by atomic mass is 16.5. The molecule has 4 rings (SSSR count). The normalized spacial score (nSPS) is 16.7. The number of carbonyl (C=O) groups is 2. The molecule has 0 saturated carbocycles. The number of hydrogen-bond acceptors (Lipinski definition) is 8. The van der Waals surface area contributed by atoms with Crippen LogP contribution < -0.4 is 21.9 Å². The number of morpholine rings is 1. The Morgan fingerprint density at radius 1 is 1.00 bits per heavy atom. The molecule has 2 N–H and O–H groups in total. The molecule has 34 heavy (non-hydrogen) atoms. The molecule has 0 aliphatic carbocycles. The van der Waals surface area contributed by atoms with Crippen molar-refractivity contribution in [1.82, 2.24) is 18.9 Å². The van der Waals surface area contributed by atoms with Crippen LogP contribution in [0, 0.1) is 0 Å². The topological polar surface area (TPSA) is 136 Å². The summed E-state index contributed by atoms with van der Waals surface area (Å²) in [6.07, 6.45) is 2.08. The van der Waals surface area contributed by atoms with Crippen molar-refractivity contribution in [3.63, 3.8) is 0 Å². The summed E-state index contributed by atoms with van der Waals surface area (Å²) in [4.78, 5) is 56.9. The Kier molecular flexibility index (Phi) is 7.06. The molecule has 2 aliphatic rings. The second kappa shape index (κ2) is 10.2. The molecule has 0 bridgehead atoms.